The van der Waals surface area contributed by atoms with Gasteiger partial charge in [0.2, 0.25) is 0 Å². The number of carbonyl (C=O) groups is 2. The predicted octanol–water partition coefficient (Wildman–Crippen LogP) is 6.06. The Balaban J connectivity index is 0.000000482. The van der Waals surface area contributed by atoms with Crippen molar-refractivity contribution in [2.24, 2.45) is 0 Å². The summed E-state index contributed by atoms with van der Waals surface area (Å²) in [5.41, 5.74) is 6.17. The molecule has 216 valence electrons. The summed E-state index contributed by atoms with van der Waals surface area (Å²) in [6.07, 6.45) is -2.98. The van der Waals surface area contributed by atoms with Crippen LogP contribution in [0.3, 0.4) is 0 Å². The lowest BCUT2D eigenvalue weighted by Gasteiger charge is -2.16. The summed E-state index contributed by atoms with van der Waals surface area (Å²) >= 11 is 7.65. The van der Waals surface area contributed by atoms with Crippen molar-refractivity contribution in [2.75, 3.05) is 23.7 Å². The molecule has 1 aliphatic rings. The summed E-state index contributed by atoms with van der Waals surface area (Å²) in [6, 6.07) is 10.3. The summed E-state index contributed by atoms with van der Waals surface area (Å²) in [7, 11) is 0. The highest BCUT2D eigenvalue weighted by atomic mass is 35.5. The maximum absolute atomic E-state index is 12.7. The number of alkyl halides is 3. The van der Waals surface area contributed by atoms with Gasteiger partial charge in [-0.05, 0) is 55.6 Å². The third kappa shape index (κ3) is 9.39. The van der Waals surface area contributed by atoms with Gasteiger partial charge in [0.15, 0.2) is 5.13 Å². The van der Waals surface area contributed by atoms with Crippen molar-refractivity contribution in [1.29, 1.82) is 0 Å². The van der Waals surface area contributed by atoms with Crippen molar-refractivity contribution in [3.8, 4) is 11.3 Å². The molecule has 5 N–H and O–H groups in total. The van der Waals surface area contributed by atoms with Gasteiger partial charge in [0.25, 0.3) is 0 Å². The average Bonchev–Trinajstić information content (AvgIpc) is 3.23. The first-order chi connectivity index (χ1) is 18.9. The van der Waals surface area contributed by atoms with Crippen LogP contribution >= 0.6 is 22.9 Å². The topological polar surface area (TPSA) is 124 Å². The number of hydrogen-bond acceptors (Lipinski definition) is 7. The van der Waals surface area contributed by atoms with E-state index >= 15 is 0 Å². The summed E-state index contributed by atoms with van der Waals surface area (Å²) in [5.74, 6) is -2.15. The summed E-state index contributed by atoms with van der Waals surface area (Å²) in [6.45, 7) is 3.61. The highest BCUT2D eigenvalue weighted by Gasteiger charge is 2.36. The van der Waals surface area contributed by atoms with Crippen LogP contribution in [0.5, 0.6) is 0 Å². The Kier molecular flexibility index (Phi) is 11.2. The number of nitrogens with zero attached hydrogens (tertiary/aromatic N) is 1. The van der Waals surface area contributed by atoms with E-state index in [2.05, 4.69) is 27.0 Å². The molecule has 0 radical (unpaired) electrons. The Labute approximate surface area is 238 Å². The number of hydrogen-bond donors (Lipinski definition) is 5. The number of fused-ring (bicyclic) bond motifs is 1. The van der Waals surface area contributed by atoms with Crippen molar-refractivity contribution in [1.82, 2.24) is 10.3 Å². The number of rotatable bonds is 9. The van der Waals surface area contributed by atoms with Crippen LogP contribution in [0.4, 0.5) is 24.0 Å². The van der Waals surface area contributed by atoms with Gasteiger partial charge in [0, 0.05) is 17.5 Å². The first-order valence-electron chi connectivity index (χ1n) is 12.5. The van der Waals surface area contributed by atoms with Crippen LogP contribution in [0.2, 0.25) is 5.02 Å². The van der Waals surface area contributed by atoms with Gasteiger partial charge >= 0.3 is 18.1 Å². The lowest BCUT2D eigenvalue weighted by molar-refractivity contribution is -0.143. The van der Waals surface area contributed by atoms with E-state index in [0.29, 0.717) is 12.2 Å². The molecule has 40 heavy (non-hydrogen) atoms. The molecule has 0 saturated heterocycles. The predicted molar refractivity (Wildman–Crippen MR) is 150 cm³/mol. The number of carboxylic acids is 2. The Morgan fingerprint density at radius 3 is 2.35 bits per heavy atom. The number of anilines is 2. The fourth-order valence-electron chi connectivity index (χ4n) is 3.87. The Hall–Kier alpha value is -3.35. The van der Waals surface area contributed by atoms with E-state index in [9.17, 15) is 22.8 Å². The number of halogens is 4. The number of thiazole rings is 1. The molecule has 1 aromatic heterocycles. The van der Waals surface area contributed by atoms with E-state index in [1.807, 2.05) is 30.3 Å². The third-order valence-electron chi connectivity index (χ3n) is 6.09. The van der Waals surface area contributed by atoms with Crippen molar-refractivity contribution in [3.05, 3.63) is 63.5 Å². The normalized spacial score (nSPS) is 13.7. The van der Waals surface area contributed by atoms with Gasteiger partial charge in [-0.1, -0.05) is 41.9 Å². The maximum Gasteiger partial charge on any atom is 0.408 e. The lowest BCUT2D eigenvalue weighted by atomic mass is 10.0. The first kappa shape index (κ1) is 31.2. The van der Waals surface area contributed by atoms with Gasteiger partial charge in [0.1, 0.15) is 6.04 Å². The molecular weight excluding hydrogens is 569 g/mol. The summed E-state index contributed by atoms with van der Waals surface area (Å²) in [5, 5.41) is 27.9. The summed E-state index contributed by atoms with van der Waals surface area (Å²) < 4.78 is 38.2. The van der Waals surface area contributed by atoms with Crippen molar-refractivity contribution < 1.29 is 33.0 Å². The largest absolute Gasteiger partial charge is 0.481 e. The lowest BCUT2D eigenvalue weighted by Crippen LogP contribution is -2.32. The number of aromatic nitrogens is 1. The van der Waals surface area contributed by atoms with Crippen LogP contribution in [0.1, 0.15) is 36.5 Å². The average molecular weight is 599 g/mol. The highest BCUT2D eigenvalue weighted by Crippen LogP contribution is 2.32. The maximum atomic E-state index is 12.7. The van der Waals surface area contributed by atoms with Gasteiger partial charge in [0.05, 0.1) is 29.2 Å². The zero-order valence-electron chi connectivity index (χ0n) is 21.6. The molecule has 4 rings (SSSR count). The van der Waals surface area contributed by atoms with E-state index in [-0.39, 0.29) is 18.0 Å². The SMILES string of the molecule is C[C@@H](Nc1nc(-c2ccc(CNc3c(Cl)ccc4c3CCNCC4)cc2)cs1)C(F)(F)F.O=C(O)CCC(=O)O. The van der Waals surface area contributed by atoms with Gasteiger partial charge in [-0.2, -0.15) is 13.2 Å². The molecule has 0 bridgehead atoms. The second-order valence-electron chi connectivity index (χ2n) is 9.09. The minimum absolute atomic E-state index is 0.254. The van der Waals surface area contributed by atoms with Crippen LogP contribution in [0, 0.1) is 0 Å². The van der Waals surface area contributed by atoms with E-state index in [4.69, 9.17) is 21.8 Å². The Bertz CT molecular complexity index is 1290. The molecule has 1 aliphatic heterocycles. The molecular formula is C27H30ClF3N4O4S. The van der Waals surface area contributed by atoms with Crippen molar-refractivity contribution in [2.45, 2.75) is 51.4 Å². The van der Waals surface area contributed by atoms with E-state index in [1.54, 1.807) is 5.38 Å². The minimum Gasteiger partial charge on any atom is -0.481 e. The molecule has 2 heterocycles. The Morgan fingerprint density at radius 2 is 1.73 bits per heavy atom. The quantitative estimate of drug-likeness (QED) is 0.201. The Morgan fingerprint density at radius 1 is 1.07 bits per heavy atom. The van der Waals surface area contributed by atoms with Gasteiger partial charge in [-0.3, -0.25) is 9.59 Å². The van der Waals surface area contributed by atoms with Crippen LogP contribution in [-0.4, -0.2) is 52.4 Å². The second-order valence-corrected chi connectivity index (χ2v) is 10.4. The van der Waals surface area contributed by atoms with Crippen LogP contribution < -0.4 is 16.0 Å². The second kappa shape index (κ2) is 14.3. The molecule has 13 heteroatoms. The molecule has 1 atom stereocenters. The van der Waals surface area contributed by atoms with Gasteiger partial charge in [-0.25, -0.2) is 4.98 Å². The minimum atomic E-state index is -4.31. The van der Waals surface area contributed by atoms with Crippen molar-refractivity contribution >= 4 is 45.7 Å². The smallest absolute Gasteiger partial charge is 0.408 e. The molecule has 0 saturated carbocycles. The van der Waals surface area contributed by atoms with Crippen LogP contribution in [0.15, 0.2) is 41.8 Å². The van der Waals surface area contributed by atoms with Crippen molar-refractivity contribution in [3.63, 3.8) is 0 Å². The third-order valence-corrected chi connectivity index (χ3v) is 7.18. The first-order valence-corrected chi connectivity index (χ1v) is 13.8. The fourth-order valence-corrected chi connectivity index (χ4v) is 4.92. The number of nitrogens with one attached hydrogen (secondary N) is 3. The summed E-state index contributed by atoms with van der Waals surface area (Å²) in [4.78, 5) is 23.6. The van der Waals surface area contributed by atoms with E-state index in [1.165, 1.54) is 11.1 Å². The van der Waals surface area contributed by atoms with Gasteiger partial charge in [-0.15, -0.1) is 11.3 Å². The molecule has 0 fully saturated rings. The van der Waals surface area contributed by atoms with Crippen LogP contribution in [-0.2, 0) is 29.0 Å². The molecule has 0 aliphatic carbocycles. The molecule has 2 aromatic carbocycles. The zero-order chi connectivity index (χ0) is 29.3. The monoisotopic (exact) mass is 598 g/mol. The number of carboxylic acid groups (broad SMARTS) is 2. The molecule has 0 spiro atoms. The van der Waals surface area contributed by atoms with Crippen LogP contribution in [0.25, 0.3) is 11.3 Å². The highest BCUT2D eigenvalue weighted by molar-refractivity contribution is 7.14. The van der Waals surface area contributed by atoms with E-state index < -0.39 is 24.2 Å². The molecule has 8 nitrogen and oxygen atoms in total. The van der Waals surface area contributed by atoms with E-state index in [0.717, 1.165) is 66.0 Å². The molecule has 3 aromatic rings. The zero-order valence-corrected chi connectivity index (χ0v) is 23.2. The molecule has 0 amide bonds. The number of benzene rings is 2. The molecule has 0 unspecified atom stereocenters. The standard InChI is InChI=1S/C23H24ClF3N4S.C4H6O4/c1-14(23(25,26)27)30-22-31-20(13-32-22)17-4-2-15(3-5-17)12-29-21-18-9-11-28-10-8-16(18)6-7-19(21)24;5-3(6)1-2-4(7)8/h2-7,13-14,28-29H,8-12H2,1H3,(H,30,31);1-2H2,(H,5,6)(H,7,8)/t14-;/m1./s1. The van der Waals surface area contributed by atoms with Gasteiger partial charge < -0.3 is 26.2 Å². The fraction of sp³-hybridized carbons (Fsp3) is 0.370. The number of aliphatic carboxylic acids is 2.